The molecule has 0 bridgehead atoms. The number of piperazine rings is 1. The molecule has 9 nitrogen and oxygen atoms in total. The molecule has 0 aliphatic carbocycles. The van der Waals surface area contributed by atoms with Crippen molar-refractivity contribution < 1.29 is 56.2 Å². The summed E-state index contributed by atoms with van der Waals surface area (Å²) in [5, 5.41) is 15.0. The molecule has 1 aliphatic heterocycles. The monoisotopic (exact) mass is 566 g/mol. The first-order chi connectivity index (χ1) is 18.6. The van der Waals surface area contributed by atoms with Crippen molar-refractivity contribution in [2.75, 3.05) is 45.6 Å². The van der Waals surface area contributed by atoms with Crippen LogP contribution in [0.2, 0.25) is 0 Å². The molecule has 1 aliphatic rings. The molecule has 1 heterocycles. The second-order valence-corrected chi connectivity index (χ2v) is 9.98. The summed E-state index contributed by atoms with van der Waals surface area (Å²) in [5.74, 6) is 5.69. The smallest absolute Gasteiger partial charge is 0.468 e. The van der Waals surface area contributed by atoms with Crippen LogP contribution in [0.5, 0.6) is 0 Å². The second-order valence-electron chi connectivity index (χ2n) is 9.98. The largest absolute Gasteiger partial charge is 1.00 e. The van der Waals surface area contributed by atoms with E-state index in [0.717, 1.165) is 44.0 Å². The van der Waals surface area contributed by atoms with E-state index < -0.39 is 0 Å². The minimum Gasteiger partial charge on any atom is -0.468 e. The third-order valence-electron chi connectivity index (χ3n) is 6.40. The number of nitrogens with zero attached hydrogens (tertiary/aromatic N) is 4. The molecular weight excluding hydrogens is 527 g/mol. The summed E-state index contributed by atoms with van der Waals surface area (Å²) in [6.45, 7) is 10.9. The van der Waals surface area contributed by atoms with Gasteiger partial charge < -0.3 is 32.0 Å². The number of rotatable bonds is 7. The van der Waals surface area contributed by atoms with Crippen molar-refractivity contribution in [3.8, 4) is 11.8 Å². The molecule has 1 amide bonds. The van der Waals surface area contributed by atoms with Crippen LogP contribution in [-0.2, 0) is 6.54 Å². The maximum Gasteiger partial charge on any atom is 1.00 e. The number of aryl methyl sites for hydroxylation is 1. The molecule has 206 valence electrons. The fraction of sp³-hybridized carbons (Fsp3) is 0.367. The Morgan fingerprint density at radius 1 is 1.12 bits per heavy atom. The number of hydrogen-bond acceptors (Lipinski definition) is 6. The molecule has 40 heavy (non-hydrogen) atoms. The van der Waals surface area contributed by atoms with E-state index in [4.69, 9.17) is 16.9 Å². The number of carbonyl (C=O) groups is 1. The zero-order valence-electron chi connectivity index (χ0n) is 24.5. The van der Waals surface area contributed by atoms with Gasteiger partial charge in [0.15, 0.2) is 0 Å². The molecule has 3 rings (SSSR count). The van der Waals surface area contributed by atoms with Crippen molar-refractivity contribution in [2.24, 2.45) is 16.5 Å². The molecular formula is C30H39KN8O. The molecule has 6 N–H and O–H groups in total. The number of carbonyl (C=O) groups excluding carboxylic acids is 1. The van der Waals surface area contributed by atoms with Gasteiger partial charge in [0.2, 0.25) is 0 Å². The van der Waals surface area contributed by atoms with Gasteiger partial charge in [-0.05, 0) is 61.3 Å². The van der Waals surface area contributed by atoms with Gasteiger partial charge in [-0.1, -0.05) is 50.9 Å². The van der Waals surface area contributed by atoms with Gasteiger partial charge in [0, 0.05) is 55.1 Å². The zero-order chi connectivity index (χ0) is 28.5. The summed E-state index contributed by atoms with van der Waals surface area (Å²) in [6.07, 6.45) is 0. The van der Waals surface area contributed by atoms with Crippen LogP contribution in [0.15, 0.2) is 58.7 Å². The quantitative estimate of drug-likeness (QED) is 0.165. The van der Waals surface area contributed by atoms with E-state index in [2.05, 4.69) is 56.4 Å². The van der Waals surface area contributed by atoms with Crippen molar-refractivity contribution in [1.82, 2.24) is 9.80 Å². The first kappa shape index (κ1) is 33.7. The summed E-state index contributed by atoms with van der Waals surface area (Å²) in [5.41, 5.74) is 16.2. The summed E-state index contributed by atoms with van der Waals surface area (Å²) >= 11 is 0. The van der Waals surface area contributed by atoms with Crippen molar-refractivity contribution in [2.45, 2.75) is 33.4 Å². The van der Waals surface area contributed by atoms with Gasteiger partial charge in [0.25, 0.3) is 5.91 Å². The van der Waals surface area contributed by atoms with E-state index in [1.165, 1.54) is 5.56 Å². The van der Waals surface area contributed by atoms with E-state index in [9.17, 15) is 4.79 Å². The maximum atomic E-state index is 13.0. The van der Waals surface area contributed by atoms with Crippen LogP contribution in [0.4, 0.5) is 5.69 Å². The molecule has 2 aromatic carbocycles. The maximum absolute atomic E-state index is 13.0. The number of anilines is 1. The van der Waals surface area contributed by atoms with Gasteiger partial charge in [0.1, 0.15) is 5.84 Å². The fourth-order valence-electron chi connectivity index (χ4n) is 4.12. The summed E-state index contributed by atoms with van der Waals surface area (Å²) < 4.78 is 0. The average Bonchev–Trinajstić information content (AvgIpc) is 2.89. The van der Waals surface area contributed by atoms with E-state index in [-0.39, 0.29) is 86.3 Å². The number of hydrogen-bond donors (Lipinski definition) is 4. The van der Waals surface area contributed by atoms with Crippen molar-refractivity contribution in [1.29, 1.82) is 5.41 Å². The minimum atomic E-state index is -0.258. The van der Waals surface area contributed by atoms with Crippen molar-refractivity contribution in [3.63, 3.8) is 0 Å². The predicted octanol–water partition coefficient (Wildman–Crippen LogP) is 0.309. The number of amidine groups is 2. The Morgan fingerprint density at radius 2 is 1.77 bits per heavy atom. The van der Waals surface area contributed by atoms with Crippen LogP contribution in [0.25, 0.3) is 5.32 Å². The standard InChI is InChI=1S/C30H40N8O.K/c1-20(2)35-29(34-4)27(28(32)33)26(31)13-10-23-18-24(9-6-21(23)3)30(39)36-25-11-7-22(8-12-25)19-38-16-14-37(5)15-17-38;/h6-9,11-12,18,20H,14-17,19H2,1-5H3,(H7,31,32,33,34,35,36,39);/q;+1/p-1. The third kappa shape index (κ3) is 9.85. The number of allylic oxidation sites excluding steroid dienone is 1. The number of amides is 1. The zero-order valence-corrected chi connectivity index (χ0v) is 27.6. The molecule has 1 saturated heterocycles. The van der Waals surface area contributed by atoms with Crippen molar-refractivity contribution >= 4 is 23.3 Å². The number of likely N-dealkylation sites (N-methyl/N-ethyl adjacent to an activating group) is 2. The Bertz CT molecular complexity index is 1310. The Hall–Kier alpha value is -2.49. The average molecular weight is 567 g/mol. The van der Waals surface area contributed by atoms with E-state index in [1.807, 2.05) is 39.0 Å². The first-order valence-electron chi connectivity index (χ1n) is 13.0. The molecule has 0 atom stereocenters. The predicted molar refractivity (Wildman–Crippen MR) is 160 cm³/mol. The van der Waals surface area contributed by atoms with Gasteiger partial charge in [0.05, 0.1) is 5.70 Å². The number of nitrogens with one attached hydrogen (secondary N) is 2. The molecule has 0 radical (unpaired) electrons. The molecule has 0 spiro atoms. The molecule has 10 heteroatoms. The van der Waals surface area contributed by atoms with Crippen LogP contribution in [0.1, 0.15) is 40.9 Å². The van der Waals surface area contributed by atoms with E-state index in [1.54, 1.807) is 19.2 Å². The SMILES string of the molecule is C[N-]C(=NC(C)C)/C(C(=N)N)=C(\N)C#Cc1cc(C(=O)Nc2ccc(CN3CCN(C)CC3)cc2)ccc1C.[K+]. The second kappa shape index (κ2) is 16.1. The first-order valence-corrected chi connectivity index (χ1v) is 13.0. The Kier molecular flexibility index (Phi) is 13.5. The Balaban J connectivity index is 0.00000560. The molecule has 2 aromatic rings. The number of aliphatic imine (C=N–C) groups is 1. The van der Waals surface area contributed by atoms with Crippen LogP contribution in [0, 0.1) is 24.2 Å². The number of nitrogens with two attached hydrogens (primary N) is 2. The van der Waals surface area contributed by atoms with Crippen molar-refractivity contribution in [3.05, 3.63) is 81.3 Å². The van der Waals surface area contributed by atoms with Gasteiger partial charge >= 0.3 is 51.4 Å². The van der Waals surface area contributed by atoms with Crippen LogP contribution >= 0.6 is 0 Å². The van der Waals surface area contributed by atoms with Crippen LogP contribution in [-0.4, -0.2) is 73.7 Å². The van der Waals surface area contributed by atoms with Crippen LogP contribution < -0.4 is 68.2 Å². The molecule has 0 aromatic heterocycles. The Labute approximate surface area is 280 Å². The van der Waals surface area contributed by atoms with Gasteiger partial charge in [-0.15, -0.1) is 0 Å². The third-order valence-corrected chi connectivity index (χ3v) is 6.40. The van der Waals surface area contributed by atoms with Crippen LogP contribution in [0.3, 0.4) is 0 Å². The fourth-order valence-corrected chi connectivity index (χ4v) is 4.12. The van der Waals surface area contributed by atoms with E-state index >= 15 is 0 Å². The minimum absolute atomic E-state index is 0. The topological polar surface area (TPSA) is 138 Å². The molecule has 0 unspecified atom stereocenters. The summed E-state index contributed by atoms with van der Waals surface area (Å²) in [6, 6.07) is 13.3. The van der Waals surface area contributed by atoms with Gasteiger partial charge in [-0.2, -0.15) is 0 Å². The van der Waals surface area contributed by atoms with E-state index in [0.29, 0.717) is 11.1 Å². The summed E-state index contributed by atoms with van der Waals surface area (Å²) in [4.78, 5) is 22.2. The van der Waals surface area contributed by atoms with Gasteiger partial charge in [-0.25, -0.2) is 0 Å². The normalized spacial score (nSPS) is 14.9. The molecule has 1 fully saturated rings. The summed E-state index contributed by atoms with van der Waals surface area (Å²) in [7, 11) is 3.72. The Morgan fingerprint density at radius 3 is 2.35 bits per heavy atom. The number of benzene rings is 2. The molecule has 0 saturated carbocycles. The van der Waals surface area contributed by atoms with Gasteiger partial charge in [-0.3, -0.25) is 15.1 Å².